The highest BCUT2D eigenvalue weighted by Gasteiger charge is 2.21. The largest absolute Gasteiger partial charge is 0.493 e. The van der Waals surface area contributed by atoms with E-state index in [4.69, 9.17) is 25.4 Å². The molecule has 140 valence electrons. The molecule has 27 heavy (non-hydrogen) atoms. The van der Waals surface area contributed by atoms with Crippen LogP contribution >= 0.6 is 22.6 Å². The van der Waals surface area contributed by atoms with E-state index in [0.717, 1.165) is 20.6 Å². The second-order valence-electron chi connectivity index (χ2n) is 5.67. The summed E-state index contributed by atoms with van der Waals surface area (Å²) >= 11 is 2.24. The van der Waals surface area contributed by atoms with Gasteiger partial charge in [-0.15, -0.1) is 6.42 Å². The summed E-state index contributed by atoms with van der Waals surface area (Å²) in [6.07, 6.45) is 6.18. The maximum Gasteiger partial charge on any atom is 0.256 e. The van der Waals surface area contributed by atoms with E-state index in [-0.39, 0.29) is 12.7 Å². The van der Waals surface area contributed by atoms with E-state index in [1.807, 2.05) is 12.1 Å². The highest BCUT2D eigenvalue weighted by atomic mass is 127. The van der Waals surface area contributed by atoms with Crippen LogP contribution in [0.1, 0.15) is 21.5 Å². The number of halogens is 1. The molecule has 1 heterocycles. The molecule has 0 spiro atoms. The molecule has 1 N–H and O–H groups in total. The van der Waals surface area contributed by atoms with Crippen molar-refractivity contribution in [3.63, 3.8) is 0 Å². The molecular formula is C20H18INO5. The van der Waals surface area contributed by atoms with Crippen LogP contribution < -0.4 is 24.3 Å². The number of benzene rings is 2. The Morgan fingerprint density at radius 2 is 2.00 bits per heavy atom. The summed E-state index contributed by atoms with van der Waals surface area (Å²) in [7, 11) is 2.99. The third-order valence-electron chi connectivity index (χ3n) is 4.15. The molecule has 1 aliphatic rings. The minimum absolute atomic E-state index is 0.232. The lowest BCUT2D eigenvalue weighted by molar-refractivity contribution is 0.0950. The van der Waals surface area contributed by atoms with Crippen LogP contribution in [0.25, 0.3) is 0 Å². The zero-order chi connectivity index (χ0) is 19.4. The van der Waals surface area contributed by atoms with Crippen molar-refractivity contribution in [2.75, 3.05) is 27.6 Å². The predicted octanol–water partition coefficient (Wildman–Crippen LogP) is 2.99. The molecule has 0 aromatic heterocycles. The molecule has 0 saturated carbocycles. The van der Waals surface area contributed by atoms with Crippen molar-refractivity contribution in [3.05, 3.63) is 44.5 Å². The molecule has 0 fully saturated rings. The van der Waals surface area contributed by atoms with E-state index < -0.39 is 0 Å². The summed E-state index contributed by atoms with van der Waals surface area (Å²) in [6.45, 7) is 0.662. The van der Waals surface area contributed by atoms with Crippen molar-refractivity contribution < 1.29 is 23.7 Å². The van der Waals surface area contributed by atoms with Crippen LogP contribution in [0.4, 0.5) is 0 Å². The van der Waals surface area contributed by atoms with Crippen LogP contribution in [0, 0.1) is 15.9 Å². The Bertz CT molecular complexity index is 920. The first-order valence-electron chi connectivity index (χ1n) is 8.16. The molecule has 6 nitrogen and oxygen atoms in total. The summed E-state index contributed by atoms with van der Waals surface area (Å²) in [5.74, 6) is 4.45. The van der Waals surface area contributed by atoms with E-state index >= 15 is 0 Å². The van der Waals surface area contributed by atoms with Crippen LogP contribution in [0.15, 0.2) is 24.3 Å². The van der Waals surface area contributed by atoms with E-state index in [1.54, 1.807) is 12.1 Å². The van der Waals surface area contributed by atoms with Gasteiger partial charge in [-0.25, -0.2) is 0 Å². The maximum atomic E-state index is 12.7. The molecule has 0 saturated heterocycles. The molecule has 2 aromatic carbocycles. The molecule has 0 aliphatic carbocycles. The number of amides is 1. The Hall–Kier alpha value is -2.60. The van der Waals surface area contributed by atoms with Crippen molar-refractivity contribution in [3.8, 4) is 35.3 Å². The first-order chi connectivity index (χ1) is 13.1. The summed E-state index contributed by atoms with van der Waals surface area (Å²) < 4.78 is 22.4. The van der Waals surface area contributed by atoms with Crippen LogP contribution in [0.3, 0.4) is 0 Å². The third-order valence-corrected chi connectivity index (χ3v) is 5.15. The highest BCUT2D eigenvalue weighted by Crippen LogP contribution is 2.36. The van der Waals surface area contributed by atoms with Gasteiger partial charge in [0.1, 0.15) is 5.56 Å². The summed E-state index contributed by atoms with van der Waals surface area (Å²) in [4.78, 5) is 12.7. The highest BCUT2D eigenvalue weighted by molar-refractivity contribution is 14.1. The average Bonchev–Trinajstić information content (AvgIpc) is 3.13. The van der Waals surface area contributed by atoms with Gasteiger partial charge in [0.15, 0.2) is 23.0 Å². The SMILES string of the molecule is C#Cc1ccc(OC)c(OC)c1C(=O)NCCc1cc2c(cc1I)OCO2. The first-order valence-corrected chi connectivity index (χ1v) is 9.24. The number of hydrogen-bond donors (Lipinski definition) is 1. The Balaban J connectivity index is 1.75. The van der Waals surface area contributed by atoms with Crippen LogP contribution in [-0.2, 0) is 6.42 Å². The van der Waals surface area contributed by atoms with Gasteiger partial charge in [0.05, 0.1) is 14.2 Å². The lowest BCUT2D eigenvalue weighted by Gasteiger charge is -2.15. The van der Waals surface area contributed by atoms with Crippen molar-refractivity contribution in [1.29, 1.82) is 0 Å². The average molecular weight is 479 g/mol. The summed E-state index contributed by atoms with van der Waals surface area (Å²) in [6, 6.07) is 7.22. The van der Waals surface area contributed by atoms with E-state index in [1.165, 1.54) is 14.2 Å². The van der Waals surface area contributed by atoms with Gasteiger partial charge >= 0.3 is 0 Å². The summed E-state index contributed by atoms with van der Waals surface area (Å²) in [5.41, 5.74) is 1.80. The Morgan fingerprint density at radius 1 is 1.26 bits per heavy atom. The molecular weight excluding hydrogens is 461 g/mol. The maximum absolute atomic E-state index is 12.7. The number of carbonyl (C=O) groups is 1. The molecule has 1 amide bonds. The fraction of sp³-hybridized carbons (Fsp3) is 0.250. The van der Waals surface area contributed by atoms with E-state index in [0.29, 0.717) is 35.6 Å². The van der Waals surface area contributed by atoms with Crippen molar-refractivity contribution >= 4 is 28.5 Å². The quantitative estimate of drug-likeness (QED) is 0.510. The zero-order valence-electron chi connectivity index (χ0n) is 14.9. The monoisotopic (exact) mass is 479 g/mol. The Kier molecular flexibility index (Phi) is 5.96. The number of carbonyl (C=O) groups excluding carboxylic acids is 1. The van der Waals surface area contributed by atoms with Crippen LogP contribution in [0.2, 0.25) is 0 Å². The Labute approximate surface area is 171 Å². The van der Waals surface area contributed by atoms with E-state index in [9.17, 15) is 4.79 Å². The number of hydrogen-bond acceptors (Lipinski definition) is 5. The second-order valence-corrected chi connectivity index (χ2v) is 6.83. The zero-order valence-corrected chi connectivity index (χ0v) is 17.1. The third kappa shape index (κ3) is 3.90. The molecule has 0 radical (unpaired) electrons. The van der Waals surface area contributed by atoms with Gasteiger partial charge in [-0.1, -0.05) is 5.92 Å². The molecule has 1 aliphatic heterocycles. The number of rotatable bonds is 6. The normalized spacial score (nSPS) is 11.6. The van der Waals surface area contributed by atoms with Gasteiger partial charge in [-0.2, -0.15) is 0 Å². The minimum atomic E-state index is -0.311. The number of ether oxygens (including phenoxy) is 4. The van der Waals surface area contributed by atoms with Gasteiger partial charge < -0.3 is 24.3 Å². The Morgan fingerprint density at radius 3 is 2.67 bits per heavy atom. The van der Waals surface area contributed by atoms with Gasteiger partial charge in [0.2, 0.25) is 6.79 Å². The van der Waals surface area contributed by atoms with Crippen molar-refractivity contribution in [2.24, 2.45) is 0 Å². The van der Waals surface area contributed by atoms with Gasteiger partial charge in [-0.3, -0.25) is 4.79 Å². The number of methoxy groups -OCH3 is 2. The van der Waals surface area contributed by atoms with E-state index in [2.05, 4.69) is 33.8 Å². The standard InChI is InChI=1S/C20H18INO5/c1-4-12-5-6-15(24-2)19(25-3)18(12)20(23)22-8-7-13-9-16-17(10-14(13)21)27-11-26-16/h1,5-6,9-10H,7-8,11H2,2-3H3,(H,22,23). The fourth-order valence-electron chi connectivity index (χ4n) is 2.82. The van der Waals surface area contributed by atoms with Crippen LogP contribution in [0.5, 0.6) is 23.0 Å². The number of fused-ring (bicyclic) bond motifs is 1. The molecule has 7 heteroatoms. The lowest BCUT2D eigenvalue weighted by Crippen LogP contribution is -2.27. The lowest BCUT2D eigenvalue weighted by atomic mass is 10.0. The number of terminal acetylenes is 1. The predicted molar refractivity (Wildman–Crippen MR) is 109 cm³/mol. The molecule has 0 atom stereocenters. The fourth-order valence-corrected chi connectivity index (χ4v) is 3.53. The molecule has 2 aromatic rings. The van der Waals surface area contributed by atoms with Crippen molar-refractivity contribution in [1.82, 2.24) is 5.32 Å². The molecule has 0 bridgehead atoms. The first kappa shape index (κ1) is 19.2. The van der Waals surface area contributed by atoms with Crippen LogP contribution in [-0.4, -0.2) is 33.5 Å². The van der Waals surface area contributed by atoms with Gasteiger partial charge in [-0.05, 0) is 58.8 Å². The molecule has 0 unspecified atom stereocenters. The van der Waals surface area contributed by atoms with Crippen molar-refractivity contribution in [2.45, 2.75) is 6.42 Å². The number of nitrogens with one attached hydrogen (secondary N) is 1. The topological polar surface area (TPSA) is 66.0 Å². The summed E-state index contributed by atoms with van der Waals surface area (Å²) in [5, 5.41) is 2.90. The van der Waals surface area contributed by atoms with Gasteiger partial charge in [0, 0.05) is 15.7 Å². The smallest absolute Gasteiger partial charge is 0.256 e. The minimum Gasteiger partial charge on any atom is -0.493 e. The van der Waals surface area contributed by atoms with Gasteiger partial charge in [0.25, 0.3) is 5.91 Å². The molecule has 3 rings (SSSR count). The second kappa shape index (κ2) is 8.39.